The Bertz CT molecular complexity index is 964. The van der Waals surface area contributed by atoms with Crippen molar-refractivity contribution in [1.82, 2.24) is 4.98 Å². The Balaban J connectivity index is 1.93. The molecule has 1 aliphatic rings. The van der Waals surface area contributed by atoms with E-state index in [9.17, 15) is 4.79 Å². The van der Waals surface area contributed by atoms with Crippen LogP contribution in [0.3, 0.4) is 0 Å². The van der Waals surface area contributed by atoms with Gasteiger partial charge in [-0.2, -0.15) is 0 Å². The molecule has 0 radical (unpaired) electrons. The standard InChI is InChI=1S/C21H20Cl2N2OS/c22-15-10-9-14(11-16(15)23)21(19(24)26,12-13-5-1-2-6-13)20-25-17-7-3-4-8-18(17)27-20/h3-4,7-11,13H,1-2,5-6,12H2,(H2,24,26). The van der Waals surface area contributed by atoms with E-state index >= 15 is 0 Å². The highest BCUT2D eigenvalue weighted by molar-refractivity contribution is 7.18. The Morgan fingerprint density at radius 2 is 1.89 bits per heavy atom. The summed E-state index contributed by atoms with van der Waals surface area (Å²) in [7, 11) is 0. The third kappa shape index (κ3) is 3.35. The quantitative estimate of drug-likeness (QED) is 0.555. The smallest absolute Gasteiger partial charge is 0.235 e. The maximum Gasteiger partial charge on any atom is 0.235 e. The Kier molecular flexibility index (Phi) is 5.15. The molecule has 1 unspecified atom stereocenters. The average molecular weight is 419 g/mol. The van der Waals surface area contributed by atoms with E-state index in [4.69, 9.17) is 33.9 Å². The molecule has 4 rings (SSSR count). The van der Waals surface area contributed by atoms with Gasteiger partial charge in [0.2, 0.25) is 5.91 Å². The summed E-state index contributed by atoms with van der Waals surface area (Å²) in [6, 6.07) is 13.3. The molecule has 140 valence electrons. The van der Waals surface area contributed by atoms with Crippen LogP contribution in [0.4, 0.5) is 0 Å². The number of carbonyl (C=O) groups is 1. The molecule has 0 bridgehead atoms. The number of halogens is 2. The number of benzene rings is 2. The van der Waals surface area contributed by atoms with E-state index in [1.807, 2.05) is 30.3 Å². The highest BCUT2D eigenvalue weighted by Gasteiger charge is 2.45. The van der Waals surface area contributed by atoms with Gasteiger partial charge in [-0.3, -0.25) is 4.79 Å². The van der Waals surface area contributed by atoms with Crippen LogP contribution in [0.5, 0.6) is 0 Å². The van der Waals surface area contributed by atoms with Crippen LogP contribution in [0.25, 0.3) is 10.2 Å². The van der Waals surface area contributed by atoms with Crippen LogP contribution < -0.4 is 5.73 Å². The molecule has 6 heteroatoms. The number of nitrogens with zero attached hydrogens (tertiary/aromatic N) is 1. The Morgan fingerprint density at radius 3 is 2.56 bits per heavy atom. The van der Waals surface area contributed by atoms with E-state index in [1.165, 1.54) is 24.2 Å². The second-order valence-electron chi connectivity index (χ2n) is 7.24. The highest BCUT2D eigenvalue weighted by atomic mass is 35.5. The van der Waals surface area contributed by atoms with Gasteiger partial charge in [-0.25, -0.2) is 4.98 Å². The zero-order valence-electron chi connectivity index (χ0n) is 14.8. The fourth-order valence-electron chi connectivity index (χ4n) is 4.14. The largest absolute Gasteiger partial charge is 0.369 e. The van der Waals surface area contributed by atoms with Crippen LogP contribution in [0.15, 0.2) is 42.5 Å². The molecular formula is C21H20Cl2N2OS. The van der Waals surface area contributed by atoms with Gasteiger partial charge in [0, 0.05) is 0 Å². The van der Waals surface area contributed by atoms with E-state index in [0.717, 1.165) is 33.6 Å². The number of fused-ring (bicyclic) bond motifs is 1. The lowest BCUT2D eigenvalue weighted by molar-refractivity contribution is -0.122. The SMILES string of the molecule is NC(=O)C(CC1CCCC1)(c1ccc(Cl)c(Cl)c1)c1nc2ccccc2s1. The van der Waals surface area contributed by atoms with Gasteiger partial charge < -0.3 is 5.73 Å². The number of amides is 1. The van der Waals surface area contributed by atoms with Gasteiger partial charge in [0.15, 0.2) is 0 Å². The van der Waals surface area contributed by atoms with E-state index < -0.39 is 5.41 Å². The van der Waals surface area contributed by atoms with E-state index in [2.05, 4.69) is 0 Å². The lowest BCUT2D eigenvalue weighted by Gasteiger charge is -2.32. The van der Waals surface area contributed by atoms with Crippen LogP contribution in [0.2, 0.25) is 10.0 Å². The molecule has 1 saturated carbocycles. The molecule has 2 aromatic carbocycles. The van der Waals surface area contributed by atoms with Gasteiger partial charge in [0.25, 0.3) is 0 Å². The first-order valence-corrected chi connectivity index (χ1v) is 10.7. The monoisotopic (exact) mass is 418 g/mol. The molecule has 1 fully saturated rings. The van der Waals surface area contributed by atoms with Gasteiger partial charge in [-0.1, -0.05) is 67.1 Å². The fraction of sp³-hybridized carbons (Fsp3) is 0.333. The minimum Gasteiger partial charge on any atom is -0.369 e. The number of primary amides is 1. The zero-order chi connectivity index (χ0) is 19.0. The van der Waals surface area contributed by atoms with Crippen molar-refractivity contribution in [3.8, 4) is 0 Å². The number of rotatable bonds is 5. The van der Waals surface area contributed by atoms with Crippen LogP contribution in [0, 0.1) is 5.92 Å². The molecule has 1 aromatic heterocycles. The second-order valence-corrected chi connectivity index (χ2v) is 9.08. The lowest BCUT2D eigenvalue weighted by atomic mass is 9.73. The summed E-state index contributed by atoms with van der Waals surface area (Å²) in [4.78, 5) is 17.8. The van der Waals surface area contributed by atoms with Crippen LogP contribution >= 0.6 is 34.5 Å². The van der Waals surface area contributed by atoms with Crippen molar-refractivity contribution in [3.05, 3.63) is 63.1 Å². The molecule has 0 spiro atoms. The Morgan fingerprint density at radius 1 is 1.15 bits per heavy atom. The normalized spacial score (nSPS) is 17.3. The molecule has 1 heterocycles. The summed E-state index contributed by atoms with van der Waals surface area (Å²) in [5.74, 6) is 0.0609. The van der Waals surface area contributed by atoms with Gasteiger partial charge in [-0.15, -0.1) is 11.3 Å². The third-order valence-electron chi connectivity index (χ3n) is 5.56. The van der Waals surface area contributed by atoms with Crippen molar-refractivity contribution in [3.63, 3.8) is 0 Å². The van der Waals surface area contributed by atoms with E-state index in [1.54, 1.807) is 12.1 Å². The predicted molar refractivity (Wildman–Crippen MR) is 113 cm³/mol. The molecule has 2 N–H and O–H groups in total. The third-order valence-corrected chi connectivity index (χ3v) is 7.50. The van der Waals surface area contributed by atoms with Crippen LogP contribution in [-0.2, 0) is 10.2 Å². The summed E-state index contributed by atoms with van der Waals surface area (Å²) < 4.78 is 1.05. The van der Waals surface area contributed by atoms with Gasteiger partial charge in [-0.05, 0) is 42.2 Å². The van der Waals surface area contributed by atoms with Crippen molar-refractivity contribution < 1.29 is 4.79 Å². The number of thiazole rings is 1. The van der Waals surface area contributed by atoms with Crippen LogP contribution in [0.1, 0.15) is 42.7 Å². The maximum atomic E-state index is 13.0. The number of carbonyl (C=O) groups excluding carboxylic acids is 1. The molecule has 3 aromatic rings. The second kappa shape index (κ2) is 7.42. The van der Waals surface area contributed by atoms with Crippen molar-refractivity contribution in [2.24, 2.45) is 11.7 Å². The van der Waals surface area contributed by atoms with Crippen LogP contribution in [-0.4, -0.2) is 10.9 Å². The maximum absolute atomic E-state index is 13.0. The number of hydrogen-bond acceptors (Lipinski definition) is 3. The van der Waals surface area contributed by atoms with Crippen molar-refractivity contribution in [2.45, 2.75) is 37.5 Å². The number of hydrogen-bond donors (Lipinski definition) is 1. The first kappa shape index (κ1) is 18.7. The minimum atomic E-state index is -0.993. The summed E-state index contributed by atoms with van der Waals surface area (Å²) in [6.07, 6.45) is 5.27. The zero-order valence-corrected chi connectivity index (χ0v) is 17.1. The van der Waals surface area contributed by atoms with Gasteiger partial charge >= 0.3 is 0 Å². The minimum absolute atomic E-state index is 0.383. The Labute approximate surface area is 172 Å². The molecule has 0 saturated heterocycles. The average Bonchev–Trinajstić information content (AvgIpc) is 3.31. The van der Waals surface area contributed by atoms with Crippen molar-refractivity contribution in [1.29, 1.82) is 0 Å². The fourth-order valence-corrected chi connectivity index (χ4v) is 5.63. The summed E-state index contributed by atoms with van der Waals surface area (Å²) >= 11 is 14.0. The van der Waals surface area contributed by atoms with E-state index in [-0.39, 0.29) is 5.91 Å². The highest BCUT2D eigenvalue weighted by Crippen LogP contribution is 2.46. The first-order valence-electron chi connectivity index (χ1n) is 9.12. The van der Waals surface area contributed by atoms with Gasteiger partial charge in [0.1, 0.15) is 10.4 Å². The van der Waals surface area contributed by atoms with Gasteiger partial charge in [0.05, 0.1) is 20.3 Å². The Hall–Kier alpha value is -1.62. The number of aromatic nitrogens is 1. The van der Waals surface area contributed by atoms with Crippen molar-refractivity contribution in [2.75, 3.05) is 0 Å². The topological polar surface area (TPSA) is 56.0 Å². The summed E-state index contributed by atoms with van der Waals surface area (Å²) in [6.45, 7) is 0. The molecule has 1 atom stereocenters. The molecule has 0 aliphatic heterocycles. The molecule has 1 aliphatic carbocycles. The summed E-state index contributed by atoms with van der Waals surface area (Å²) in [5, 5.41) is 1.62. The first-order chi connectivity index (χ1) is 13.0. The number of para-hydroxylation sites is 1. The van der Waals surface area contributed by atoms with E-state index in [0.29, 0.717) is 22.4 Å². The molecular weight excluding hydrogens is 399 g/mol. The summed E-state index contributed by atoms with van der Waals surface area (Å²) in [5.41, 5.74) is 6.74. The number of nitrogens with two attached hydrogens (primary N) is 1. The molecule has 1 amide bonds. The molecule has 3 nitrogen and oxygen atoms in total. The lowest BCUT2D eigenvalue weighted by Crippen LogP contribution is -2.43. The predicted octanol–water partition coefficient (Wildman–Crippen LogP) is 5.95. The molecule has 27 heavy (non-hydrogen) atoms. The van der Waals surface area contributed by atoms with Crippen molar-refractivity contribution >= 4 is 50.7 Å².